The van der Waals surface area contributed by atoms with Crippen LogP contribution in [0.2, 0.25) is 0 Å². The molecule has 0 spiro atoms. The molecule has 0 aliphatic carbocycles. The number of carboxylic acids is 1. The van der Waals surface area contributed by atoms with E-state index in [0.717, 1.165) is 29.3 Å². The topological polar surface area (TPSA) is 66.4 Å². The number of hydrogen-bond acceptors (Lipinski definition) is 2. The lowest BCUT2D eigenvalue weighted by atomic mass is 10.00. The third kappa shape index (κ3) is 6.29. The van der Waals surface area contributed by atoms with Gasteiger partial charge >= 0.3 is 5.97 Å². The number of carbonyl (C=O) groups excluding carboxylic acids is 1. The summed E-state index contributed by atoms with van der Waals surface area (Å²) in [5.74, 6) is -1.11. The molecule has 0 radical (unpaired) electrons. The van der Waals surface area contributed by atoms with Gasteiger partial charge in [0.05, 0.1) is 12.5 Å². The van der Waals surface area contributed by atoms with E-state index in [1.807, 2.05) is 31.2 Å². The first-order chi connectivity index (χ1) is 9.93. The lowest BCUT2D eigenvalue weighted by Gasteiger charge is -2.20. The number of hydrogen-bond donors (Lipinski definition) is 2. The average molecular weight is 356 g/mol. The zero-order valence-corrected chi connectivity index (χ0v) is 14.0. The lowest BCUT2D eigenvalue weighted by molar-refractivity contribution is -0.137. The van der Waals surface area contributed by atoms with Crippen LogP contribution in [0.4, 0.5) is 0 Å². The molecule has 2 atom stereocenters. The lowest BCUT2D eigenvalue weighted by Crippen LogP contribution is -2.34. The molecule has 0 bridgehead atoms. The third-order valence-corrected chi connectivity index (χ3v) is 3.93. The van der Waals surface area contributed by atoms with Gasteiger partial charge in [0, 0.05) is 10.4 Å². The van der Waals surface area contributed by atoms with Gasteiger partial charge in [-0.3, -0.25) is 9.59 Å². The molecule has 1 aromatic rings. The maximum atomic E-state index is 12.2. The summed E-state index contributed by atoms with van der Waals surface area (Å²) >= 11 is 3.34. The molecule has 1 amide bonds. The van der Waals surface area contributed by atoms with Crippen molar-refractivity contribution in [3.8, 4) is 0 Å². The number of nitrogens with one attached hydrogen (secondary N) is 1. The Kier molecular flexibility index (Phi) is 7.43. The number of aliphatic carboxylic acids is 1. The summed E-state index contributed by atoms with van der Waals surface area (Å²) in [4.78, 5) is 23.2. The second kappa shape index (κ2) is 8.82. The summed E-state index contributed by atoms with van der Waals surface area (Å²) < 4.78 is 0.919. The van der Waals surface area contributed by atoms with Crippen molar-refractivity contribution < 1.29 is 14.7 Å². The van der Waals surface area contributed by atoms with Crippen LogP contribution in [0.1, 0.15) is 51.1 Å². The predicted octanol–water partition coefficient (Wildman–Crippen LogP) is 3.91. The highest BCUT2D eigenvalue weighted by atomic mass is 79.9. The molecule has 1 aromatic carbocycles. The van der Waals surface area contributed by atoms with Gasteiger partial charge in [-0.05, 0) is 24.1 Å². The van der Waals surface area contributed by atoms with Gasteiger partial charge in [-0.15, -0.1) is 0 Å². The zero-order chi connectivity index (χ0) is 15.8. The first kappa shape index (κ1) is 17.7. The van der Waals surface area contributed by atoms with Crippen molar-refractivity contribution >= 4 is 27.8 Å². The van der Waals surface area contributed by atoms with E-state index in [4.69, 9.17) is 5.11 Å². The Balaban J connectivity index is 2.76. The molecule has 0 aliphatic heterocycles. The van der Waals surface area contributed by atoms with Crippen LogP contribution >= 0.6 is 15.9 Å². The van der Waals surface area contributed by atoms with Gasteiger partial charge in [0.15, 0.2) is 0 Å². The summed E-state index contributed by atoms with van der Waals surface area (Å²) in [5, 5.41) is 11.9. The molecule has 0 saturated carbocycles. The summed E-state index contributed by atoms with van der Waals surface area (Å²) in [6, 6.07) is 6.85. The zero-order valence-electron chi connectivity index (χ0n) is 12.4. The van der Waals surface area contributed by atoms with Gasteiger partial charge in [0.2, 0.25) is 5.91 Å². The fourth-order valence-corrected chi connectivity index (χ4v) is 2.34. The van der Waals surface area contributed by atoms with Crippen LogP contribution in [0, 0.1) is 5.92 Å². The maximum Gasteiger partial charge on any atom is 0.305 e. The summed E-state index contributed by atoms with van der Waals surface area (Å²) in [5.41, 5.74) is 0.802. The molecule has 2 N–H and O–H groups in total. The summed E-state index contributed by atoms with van der Waals surface area (Å²) in [6.45, 7) is 3.96. The van der Waals surface area contributed by atoms with E-state index in [1.165, 1.54) is 0 Å². The van der Waals surface area contributed by atoms with Crippen molar-refractivity contribution in [2.45, 2.75) is 45.6 Å². The fourth-order valence-electron chi connectivity index (χ4n) is 2.08. The molecule has 2 unspecified atom stereocenters. The molecule has 0 saturated heterocycles. The number of carboxylic acid groups (broad SMARTS) is 1. The second-order valence-corrected chi connectivity index (χ2v) is 6.17. The Morgan fingerprint density at radius 3 is 2.43 bits per heavy atom. The maximum absolute atomic E-state index is 12.2. The first-order valence-electron chi connectivity index (χ1n) is 7.21. The van der Waals surface area contributed by atoms with E-state index in [0.29, 0.717) is 0 Å². The van der Waals surface area contributed by atoms with Gasteiger partial charge in [0.25, 0.3) is 0 Å². The quantitative estimate of drug-likeness (QED) is 0.742. The van der Waals surface area contributed by atoms with Crippen molar-refractivity contribution in [2.75, 3.05) is 0 Å². The van der Waals surface area contributed by atoms with E-state index in [9.17, 15) is 9.59 Å². The summed E-state index contributed by atoms with van der Waals surface area (Å²) in [6.07, 6.45) is 2.75. The van der Waals surface area contributed by atoms with Crippen molar-refractivity contribution in [3.05, 3.63) is 34.3 Å². The van der Waals surface area contributed by atoms with Crippen LogP contribution in [0.5, 0.6) is 0 Å². The van der Waals surface area contributed by atoms with Crippen molar-refractivity contribution in [2.24, 2.45) is 5.92 Å². The molecule has 1 rings (SSSR count). The Bertz CT molecular complexity index is 473. The highest BCUT2D eigenvalue weighted by Crippen LogP contribution is 2.21. The SMILES string of the molecule is CCCCC(C)C(=O)NC(CC(=O)O)c1ccc(Br)cc1. The highest BCUT2D eigenvalue weighted by molar-refractivity contribution is 9.10. The molecule has 116 valence electrons. The Labute approximate surface area is 134 Å². The smallest absolute Gasteiger partial charge is 0.305 e. The van der Waals surface area contributed by atoms with Crippen molar-refractivity contribution in [1.82, 2.24) is 5.32 Å². The minimum atomic E-state index is -0.926. The molecule has 0 aliphatic rings. The molecule has 0 fully saturated rings. The van der Waals surface area contributed by atoms with E-state index in [1.54, 1.807) is 0 Å². The minimum absolute atomic E-state index is 0.0855. The molecule has 0 heterocycles. The highest BCUT2D eigenvalue weighted by Gasteiger charge is 2.21. The molecule has 0 aromatic heterocycles. The van der Waals surface area contributed by atoms with E-state index in [-0.39, 0.29) is 18.2 Å². The number of halogens is 1. The van der Waals surface area contributed by atoms with Gasteiger partial charge < -0.3 is 10.4 Å². The van der Waals surface area contributed by atoms with E-state index < -0.39 is 12.0 Å². The largest absolute Gasteiger partial charge is 0.481 e. The number of unbranched alkanes of at least 4 members (excludes halogenated alkanes) is 1. The Hall–Kier alpha value is -1.36. The second-order valence-electron chi connectivity index (χ2n) is 5.25. The minimum Gasteiger partial charge on any atom is -0.481 e. The molecule has 4 nitrogen and oxygen atoms in total. The van der Waals surface area contributed by atoms with Gasteiger partial charge in [-0.1, -0.05) is 54.8 Å². The average Bonchev–Trinajstić information content (AvgIpc) is 2.44. The number of amides is 1. The van der Waals surface area contributed by atoms with Crippen LogP contribution in [0.3, 0.4) is 0 Å². The van der Waals surface area contributed by atoms with Crippen LogP contribution in [-0.2, 0) is 9.59 Å². The molecular weight excluding hydrogens is 334 g/mol. The Morgan fingerprint density at radius 1 is 1.29 bits per heavy atom. The van der Waals surface area contributed by atoms with Crippen molar-refractivity contribution in [1.29, 1.82) is 0 Å². The standard InChI is InChI=1S/C16H22BrNO3/c1-3-4-5-11(2)16(21)18-14(10-15(19)20)12-6-8-13(17)9-7-12/h6-9,11,14H,3-5,10H2,1-2H3,(H,18,21)(H,19,20). The number of rotatable bonds is 8. The van der Waals surface area contributed by atoms with E-state index >= 15 is 0 Å². The van der Waals surface area contributed by atoms with Crippen LogP contribution in [-0.4, -0.2) is 17.0 Å². The predicted molar refractivity (Wildman–Crippen MR) is 86.0 cm³/mol. The van der Waals surface area contributed by atoms with Crippen LogP contribution < -0.4 is 5.32 Å². The number of benzene rings is 1. The molecule has 21 heavy (non-hydrogen) atoms. The molecular formula is C16H22BrNO3. The van der Waals surface area contributed by atoms with Crippen LogP contribution in [0.15, 0.2) is 28.7 Å². The van der Waals surface area contributed by atoms with Gasteiger partial charge in [-0.2, -0.15) is 0 Å². The fraction of sp³-hybridized carbons (Fsp3) is 0.500. The third-order valence-electron chi connectivity index (χ3n) is 3.41. The normalized spacial score (nSPS) is 13.5. The monoisotopic (exact) mass is 355 g/mol. The van der Waals surface area contributed by atoms with Crippen LogP contribution in [0.25, 0.3) is 0 Å². The van der Waals surface area contributed by atoms with Gasteiger partial charge in [0.1, 0.15) is 0 Å². The first-order valence-corrected chi connectivity index (χ1v) is 8.01. The Morgan fingerprint density at radius 2 is 1.90 bits per heavy atom. The molecule has 5 heteroatoms. The summed E-state index contributed by atoms with van der Waals surface area (Å²) in [7, 11) is 0. The van der Waals surface area contributed by atoms with E-state index in [2.05, 4.69) is 28.2 Å². The number of carbonyl (C=O) groups is 2. The van der Waals surface area contributed by atoms with Crippen molar-refractivity contribution in [3.63, 3.8) is 0 Å². The van der Waals surface area contributed by atoms with Gasteiger partial charge in [-0.25, -0.2) is 0 Å².